The van der Waals surface area contributed by atoms with E-state index >= 15 is 0 Å². The van der Waals surface area contributed by atoms with Crippen molar-refractivity contribution in [3.8, 4) is 6.07 Å². The Kier molecular flexibility index (Phi) is 5.00. The Morgan fingerprint density at radius 2 is 2.00 bits per heavy atom. The molecule has 3 rings (SSSR count). The third-order valence-corrected chi connectivity index (χ3v) is 5.25. The van der Waals surface area contributed by atoms with Crippen molar-refractivity contribution >= 4 is 23.2 Å². The lowest BCUT2D eigenvalue weighted by Gasteiger charge is -2.28. The largest absolute Gasteiger partial charge is 0.478 e. The molecule has 0 spiro atoms. The number of aromatic carboxylic acids is 1. The average Bonchev–Trinajstić information content (AvgIpc) is 2.94. The molecule has 2 aromatic heterocycles. The topological polar surface area (TPSA) is 78.4 Å². The molecule has 150 valence electrons. The molecular formula is C17H13ClF5N3O2. The van der Waals surface area contributed by atoms with Gasteiger partial charge in [-0.05, 0) is 31.2 Å². The second-order valence-corrected chi connectivity index (χ2v) is 7.12. The number of rotatable bonds is 3. The van der Waals surface area contributed by atoms with Gasteiger partial charge in [0.25, 0.3) is 0 Å². The summed E-state index contributed by atoms with van der Waals surface area (Å²) in [5, 5.41) is 18.0. The molecule has 0 aliphatic heterocycles. The van der Waals surface area contributed by atoms with Crippen LogP contribution in [-0.4, -0.2) is 26.4 Å². The van der Waals surface area contributed by atoms with Gasteiger partial charge < -0.3 is 5.11 Å². The summed E-state index contributed by atoms with van der Waals surface area (Å²) in [6.07, 6.45) is -5.90. The highest BCUT2D eigenvalue weighted by Crippen LogP contribution is 2.40. The number of aromatic nitrogens is 2. The van der Waals surface area contributed by atoms with Crippen LogP contribution in [0.25, 0.3) is 5.65 Å². The van der Waals surface area contributed by atoms with Crippen molar-refractivity contribution in [2.24, 2.45) is 5.92 Å². The van der Waals surface area contributed by atoms with E-state index in [2.05, 4.69) is 4.98 Å². The van der Waals surface area contributed by atoms with E-state index in [4.69, 9.17) is 16.7 Å². The Morgan fingerprint density at radius 3 is 2.50 bits per heavy atom. The normalized spacial score (nSPS) is 17.6. The summed E-state index contributed by atoms with van der Waals surface area (Å²) in [5.74, 6) is -4.80. The Bertz CT molecular complexity index is 984. The molecule has 1 N–H and O–H groups in total. The third-order valence-electron chi connectivity index (χ3n) is 4.86. The Morgan fingerprint density at radius 1 is 1.39 bits per heavy atom. The smallest absolute Gasteiger partial charge is 0.435 e. The Labute approximate surface area is 160 Å². The first kappa shape index (κ1) is 20.3. The maximum Gasteiger partial charge on any atom is 0.435 e. The molecule has 1 aliphatic rings. The minimum atomic E-state index is -4.87. The SMILES string of the molecule is N#Cc1c(Cl)c(C(=O)O)cc2nc(C(F)(F)F)c(CC3CCC(F)(F)CC3)n12. The Hall–Kier alpha value is -2.41. The lowest BCUT2D eigenvalue weighted by molar-refractivity contribution is -0.141. The van der Waals surface area contributed by atoms with Gasteiger partial charge >= 0.3 is 12.1 Å². The van der Waals surface area contributed by atoms with Gasteiger partial charge in [-0.2, -0.15) is 18.4 Å². The number of nitrogens with zero attached hydrogens (tertiary/aromatic N) is 3. The molecule has 1 fully saturated rings. The maximum atomic E-state index is 13.5. The molecule has 11 heteroatoms. The lowest BCUT2D eigenvalue weighted by Crippen LogP contribution is -2.26. The molecular weight excluding hydrogens is 409 g/mol. The fourth-order valence-electron chi connectivity index (χ4n) is 3.48. The molecule has 0 aromatic carbocycles. The average molecular weight is 422 g/mol. The number of fused-ring (bicyclic) bond motifs is 1. The van der Waals surface area contributed by atoms with Crippen LogP contribution in [0.2, 0.25) is 5.02 Å². The van der Waals surface area contributed by atoms with Crippen LogP contribution < -0.4 is 0 Å². The number of carboxylic acids is 1. The fraction of sp³-hybridized carbons (Fsp3) is 0.471. The van der Waals surface area contributed by atoms with Crippen LogP contribution in [-0.2, 0) is 12.6 Å². The number of imidazole rings is 1. The van der Waals surface area contributed by atoms with Gasteiger partial charge in [0, 0.05) is 12.8 Å². The predicted octanol–water partition coefficient (Wildman–Crippen LogP) is 4.94. The number of hydrogen-bond donors (Lipinski definition) is 1. The zero-order valence-corrected chi connectivity index (χ0v) is 14.9. The summed E-state index contributed by atoms with van der Waals surface area (Å²) in [5.41, 5.74) is -3.08. The second-order valence-electron chi connectivity index (χ2n) is 6.74. The zero-order chi connectivity index (χ0) is 20.9. The molecule has 1 saturated carbocycles. The van der Waals surface area contributed by atoms with Crippen LogP contribution in [0.1, 0.15) is 53.1 Å². The molecule has 0 unspecified atom stereocenters. The van der Waals surface area contributed by atoms with Crippen LogP contribution >= 0.6 is 11.6 Å². The zero-order valence-electron chi connectivity index (χ0n) is 14.2. The molecule has 0 bridgehead atoms. The van der Waals surface area contributed by atoms with Gasteiger partial charge in [0.05, 0.1) is 16.3 Å². The van der Waals surface area contributed by atoms with Crippen LogP contribution in [0.5, 0.6) is 0 Å². The number of halogens is 6. The van der Waals surface area contributed by atoms with E-state index in [1.165, 1.54) is 0 Å². The number of hydrogen-bond acceptors (Lipinski definition) is 3. The summed E-state index contributed by atoms with van der Waals surface area (Å²) in [4.78, 5) is 14.8. The van der Waals surface area contributed by atoms with Crippen molar-refractivity contribution in [1.29, 1.82) is 5.26 Å². The molecule has 1 aliphatic carbocycles. The lowest BCUT2D eigenvalue weighted by atomic mass is 9.83. The molecule has 0 saturated heterocycles. The molecule has 2 aromatic rings. The first-order valence-electron chi connectivity index (χ1n) is 8.27. The van der Waals surface area contributed by atoms with E-state index < -0.39 is 58.8 Å². The van der Waals surface area contributed by atoms with Crippen LogP contribution in [0.3, 0.4) is 0 Å². The van der Waals surface area contributed by atoms with Gasteiger partial charge in [-0.25, -0.2) is 18.6 Å². The maximum absolute atomic E-state index is 13.5. The van der Waals surface area contributed by atoms with E-state index in [0.29, 0.717) is 0 Å². The van der Waals surface area contributed by atoms with Gasteiger partial charge in [-0.15, -0.1) is 0 Å². The van der Waals surface area contributed by atoms with Gasteiger partial charge in [0.1, 0.15) is 17.4 Å². The highest BCUT2D eigenvalue weighted by molar-refractivity contribution is 6.34. The van der Waals surface area contributed by atoms with Crippen molar-refractivity contribution in [3.05, 3.63) is 33.7 Å². The first-order valence-corrected chi connectivity index (χ1v) is 8.64. The molecule has 0 radical (unpaired) electrons. The molecule has 0 amide bonds. The predicted molar refractivity (Wildman–Crippen MR) is 87.5 cm³/mol. The second kappa shape index (κ2) is 6.88. The van der Waals surface area contributed by atoms with Crippen molar-refractivity contribution in [1.82, 2.24) is 9.38 Å². The number of pyridine rings is 1. The highest BCUT2D eigenvalue weighted by Gasteiger charge is 2.41. The molecule has 2 heterocycles. The van der Waals surface area contributed by atoms with Gasteiger partial charge in [0.2, 0.25) is 5.92 Å². The fourth-order valence-corrected chi connectivity index (χ4v) is 3.75. The third kappa shape index (κ3) is 3.63. The summed E-state index contributed by atoms with van der Waals surface area (Å²) in [7, 11) is 0. The minimum Gasteiger partial charge on any atom is -0.478 e. The number of carboxylic acid groups (broad SMARTS) is 1. The van der Waals surface area contributed by atoms with Crippen LogP contribution in [0.15, 0.2) is 6.07 Å². The standard InChI is InChI=1S/C17H13ClF5N3O2/c18-13-9(15(27)28)6-12-25-14(17(21,22)23)10(26(12)11(13)7-24)5-8-1-3-16(19,20)4-2-8/h6,8H,1-5H2,(H,27,28). The first-order chi connectivity index (χ1) is 12.9. The van der Waals surface area contributed by atoms with Crippen molar-refractivity contribution < 1.29 is 31.9 Å². The van der Waals surface area contributed by atoms with Gasteiger partial charge in [-0.1, -0.05) is 11.6 Å². The Balaban J connectivity index is 2.18. The number of alkyl halides is 5. The van der Waals surface area contributed by atoms with E-state index in [1.54, 1.807) is 6.07 Å². The monoisotopic (exact) mass is 421 g/mol. The van der Waals surface area contributed by atoms with Crippen molar-refractivity contribution in [2.75, 3.05) is 0 Å². The molecule has 5 nitrogen and oxygen atoms in total. The van der Waals surface area contributed by atoms with Crippen molar-refractivity contribution in [2.45, 2.75) is 44.2 Å². The van der Waals surface area contributed by atoms with Crippen LogP contribution in [0, 0.1) is 17.2 Å². The summed E-state index contributed by atoms with van der Waals surface area (Å²) in [6.45, 7) is 0. The minimum absolute atomic E-state index is 0.0281. The summed E-state index contributed by atoms with van der Waals surface area (Å²) >= 11 is 5.93. The van der Waals surface area contributed by atoms with E-state index in [-0.39, 0.29) is 30.6 Å². The highest BCUT2D eigenvalue weighted by atomic mass is 35.5. The molecule has 0 atom stereocenters. The molecule has 28 heavy (non-hydrogen) atoms. The number of nitriles is 1. The quantitative estimate of drug-likeness (QED) is 0.712. The van der Waals surface area contributed by atoms with E-state index in [1.807, 2.05) is 0 Å². The van der Waals surface area contributed by atoms with Crippen molar-refractivity contribution in [3.63, 3.8) is 0 Å². The van der Waals surface area contributed by atoms with Gasteiger partial charge in [0.15, 0.2) is 5.69 Å². The summed E-state index contributed by atoms with van der Waals surface area (Å²) in [6, 6.07) is 2.49. The van der Waals surface area contributed by atoms with E-state index in [9.17, 15) is 32.0 Å². The summed E-state index contributed by atoms with van der Waals surface area (Å²) < 4.78 is 68.2. The number of carbonyl (C=O) groups is 1. The van der Waals surface area contributed by atoms with Crippen LogP contribution in [0.4, 0.5) is 22.0 Å². The van der Waals surface area contributed by atoms with Gasteiger partial charge in [-0.3, -0.25) is 4.40 Å². The van der Waals surface area contributed by atoms with E-state index in [0.717, 1.165) is 10.5 Å².